The number of pyridine rings is 1. The monoisotopic (exact) mass is 506 g/mol. The Balaban J connectivity index is 1.75. The summed E-state index contributed by atoms with van der Waals surface area (Å²) in [7, 11) is -4.06. The molecule has 2 amide bonds. The minimum Gasteiger partial charge on any atom is -0.385 e. The summed E-state index contributed by atoms with van der Waals surface area (Å²) in [6, 6.07) is -0.285. The molecule has 1 saturated carbocycles. The second kappa shape index (κ2) is 8.00. The molecule has 0 radical (unpaired) electrons. The first-order valence-electron chi connectivity index (χ1n) is 10.2. The van der Waals surface area contributed by atoms with E-state index in [1.54, 1.807) is 0 Å². The molecular weight excluding hydrogens is 484 g/mol. The molecule has 13 heteroatoms. The summed E-state index contributed by atoms with van der Waals surface area (Å²) in [5.74, 6) is -1.40. The van der Waals surface area contributed by atoms with Crippen LogP contribution in [-0.2, 0) is 34.5 Å². The number of halogens is 4. The fourth-order valence-electron chi connectivity index (χ4n) is 3.87. The number of carbonyl (C=O) groups is 1. The Hall–Kier alpha value is -2.09. The molecular formula is C20H22F4N4O3S2. The Bertz CT molecular complexity index is 1250. The van der Waals surface area contributed by atoms with Crippen molar-refractivity contribution < 1.29 is 31.7 Å². The van der Waals surface area contributed by atoms with Crippen LogP contribution in [0.25, 0.3) is 0 Å². The van der Waals surface area contributed by atoms with E-state index in [0.717, 1.165) is 6.07 Å². The number of thiophene rings is 1. The summed E-state index contributed by atoms with van der Waals surface area (Å²) in [6.07, 6.45) is -2.29. The van der Waals surface area contributed by atoms with Crippen molar-refractivity contribution in [2.45, 2.75) is 67.9 Å². The molecule has 0 saturated heterocycles. The minimum absolute atomic E-state index is 0.0138. The molecule has 4 N–H and O–H groups in total. The Kier molecular flexibility index (Phi) is 5.83. The number of rotatable bonds is 4. The molecule has 1 atom stereocenters. The normalized spacial score (nSPS) is 18.1. The third-order valence-corrected chi connectivity index (χ3v) is 8.84. The first kappa shape index (κ1) is 24.0. The molecule has 180 valence electrons. The number of nitrogens with one attached hydrogen (secondary N) is 1. The quantitative estimate of drug-likeness (QED) is 0.515. The van der Waals surface area contributed by atoms with Gasteiger partial charge in [-0.25, -0.2) is 23.5 Å². The molecule has 33 heavy (non-hydrogen) atoms. The van der Waals surface area contributed by atoms with Gasteiger partial charge in [-0.3, -0.25) is 0 Å². The number of hydrogen-bond donors (Lipinski definition) is 3. The van der Waals surface area contributed by atoms with Crippen LogP contribution in [0, 0.1) is 5.82 Å². The van der Waals surface area contributed by atoms with Crippen molar-refractivity contribution in [2.24, 2.45) is 9.50 Å². The van der Waals surface area contributed by atoms with Crippen LogP contribution in [0.2, 0.25) is 0 Å². The highest BCUT2D eigenvalue weighted by Gasteiger charge is 2.43. The number of urea groups is 1. The predicted molar refractivity (Wildman–Crippen MR) is 115 cm³/mol. The number of anilines is 1. The van der Waals surface area contributed by atoms with Crippen LogP contribution < -0.4 is 10.5 Å². The van der Waals surface area contributed by atoms with E-state index in [4.69, 9.17) is 5.14 Å². The molecule has 7 nitrogen and oxygen atoms in total. The smallest absolute Gasteiger partial charge is 0.385 e. The lowest BCUT2D eigenvalue weighted by molar-refractivity contribution is -0.141. The predicted octanol–water partition coefficient (Wildman–Crippen LogP) is 4.83. The molecule has 4 rings (SSSR count). The van der Waals surface area contributed by atoms with Crippen LogP contribution in [-0.4, -0.2) is 20.3 Å². The molecule has 1 fully saturated rings. The minimum atomic E-state index is -4.71. The Morgan fingerprint density at radius 2 is 2.00 bits per heavy atom. The zero-order valence-electron chi connectivity index (χ0n) is 17.8. The van der Waals surface area contributed by atoms with Crippen molar-refractivity contribution in [3.8, 4) is 0 Å². The fourth-order valence-corrected chi connectivity index (χ4v) is 6.21. The Labute approximate surface area is 191 Å². The van der Waals surface area contributed by atoms with Crippen molar-refractivity contribution >= 4 is 33.0 Å². The van der Waals surface area contributed by atoms with E-state index in [0.29, 0.717) is 49.0 Å². The third kappa shape index (κ3) is 4.77. The Morgan fingerprint density at radius 3 is 2.55 bits per heavy atom. The molecule has 0 aromatic carbocycles. The largest absolute Gasteiger partial charge is 0.433 e. The van der Waals surface area contributed by atoms with Gasteiger partial charge in [0, 0.05) is 16.1 Å². The standard InChI is InChI=1S/C20H22F4N4O3S2/c1-19(2,30)13-8-11(21)17(32-13)33(25,31)28-18(29)27-15-10-4-3-5-12(10)26-16(20(22,23)24)14(15)9-6-7-9/h8-9,30H,3-7H2,1-2H3,(H3,25,26,27,28,29,31)/t33-/m1/s1. The second-order valence-corrected chi connectivity index (χ2v) is 11.7. The van der Waals surface area contributed by atoms with Crippen molar-refractivity contribution in [1.29, 1.82) is 0 Å². The SMILES string of the molecule is CC(C)(O)c1cc(F)c([S@](N)(=O)=NC(=O)Nc2c3c(nc(C(F)(F)F)c2C2CC2)CCC3)s1. The molecule has 2 aromatic rings. The summed E-state index contributed by atoms with van der Waals surface area (Å²) in [5.41, 5.74) is -1.82. The van der Waals surface area contributed by atoms with Gasteiger partial charge in [0.1, 0.15) is 5.69 Å². The summed E-state index contributed by atoms with van der Waals surface area (Å²) < 4.78 is 71.3. The van der Waals surface area contributed by atoms with Crippen molar-refractivity contribution in [3.05, 3.63) is 39.3 Å². The lowest BCUT2D eigenvalue weighted by Crippen LogP contribution is -2.21. The summed E-state index contributed by atoms with van der Waals surface area (Å²) >= 11 is 0.608. The van der Waals surface area contributed by atoms with Crippen LogP contribution in [0.1, 0.15) is 66.4 Å². The average Bonchev–Trinajstić information content (AvgIpc) is 3.22. The van der Waals surface area contributed by atoms with Gasteiger partial charge in [0.15, 0.2) is 19.9 Å². The number of aromatic nitrogens is 1. The van der Waals surface area contributed by atoms with E-state index in [1.807, 2.05) is 0 Å². The number of carbonyl (C=O) groups excluding carboxylic acids is 1. The van der Waals surface area contributed by atoms with E-state index >= 15 is 0 Å². The molecule has 2 aromatic heterocycles. The van der Waals surface area contributed by atoms with E-state index in [1.165, 1.54) is 13.8 Å². The fraction of sp³-hybridized carbons (Fsp3) is 0.500. The van der Waals surface area contributed by atoms with Gasteiger partial charge >= 0.3 is 12.2 Å². The van der Waals surface area contributed by atoms with Crippen LogP contribution in [0.5, 0.6) is 0 Å². The molecule has 0 unspecified atom stereocenters. The van der Waals surface area contributed by atoms with Gasteiger partial charge in [0.25, 0.3) is 0 Å². The molecule has 0 aliphatic heterocycles. The lowest BCUT2D eigenvalue weighted by atomic mass is 10.00. The van der Waals surface area contributed by atoms with Gasteiger partial charge in [-0.15, -0.1) is 15.7 Å². The number of nitrogens with two attached hydrogens (primary N) is 1. The van der Waals surface area contributed by atoms with Gasteiger partial charge in [-0.1, -0.05) is 0 Å². The molecule has 2 aliphatic carbocycles. The maximum absolute atomic E-state index is 14.4. The van der Waals surface area contributed by atoms with E-state index in [-0.39, 0.29) is 21.8 Å². The number of fused-ring (bicyclic) bond motifs is 1. The van der Waals surface area contributed by atoms with Crippen LogP contribution >= 0.6 is 11.3 Å². The van der Waals surface area contributed by atoms with Gasteiger partial charge in [0.2, 0.25) is 0 Å². The topological polar surface area (TPSA) is 118 Å². The van der Waals surface area contributed by atoms with Crippen molar-refractivity contribution in [1.82, 2.24) is 4.98 Å². The maximum Gasteiger partial charge on any atom is 0.433 e. The van der Waals surface area contributed by atoms with E-state index in [2.05, 4.69) is 14.7 Å². The first-order valence-corrected chi connectivity index (χ1v) is 12.6. The highest BCUT2D eigenvalue weighted by Crippen LogP contribution is 2.50. The average molecular weight is 507 g/mol. The van der Waals surface area contributed by atoms with Crippen LogP contribution in [0.15, 0.2) is 14.6 Å². The van der Waals surface area contributed by atoms with Crippen molar-refractivity contribution in [2.75, 3.05) is 5.32 Å². The van der Waals surface area contributed by atoms with Crippen LogP contribution in [0.4, 0.5) is 28.0 Å². The second-order valence-electron chi connectivity index (χ2n) is 8.70. The van der Waals surface area contributed by atoms with Gasteiger partial charge in [-0.2, -0.15) is 13.2 Å². The van der Waals surface area contributed by atoms with E-state index < -0.39 is 49.4 Å². The molecule has 0 spiro atoms. The maximum atomic E-state index is 14.4. The summed E-state index contributed by atoms with van der Waals surface area (Å²) in [5, 5.41) is 18.1. The molecule has 0 bridgehead atoms. The van der Waals surface area contributed by atoms with Crippen molar-refractivity contribution in [3.63, 3.8) is 0 Å². The third-order valence-electron chi connectivity index (χ3n) is 5.49. The molecule has 2 heterocycles. The first-order chi connectivity index (χ1) is 15.2. The van der Waals surface area contributed by atoms with E-state index in [9.17, 15) is 31.7 Å². The number of alkyl halides is 3. The molecule has 2 aliphatic rings. The van der Waals surface area contributed by atoms with Gasteiger partial charge in [0.05, 0.1) is 11.3 Å². The number of nitrogens with zero attached hydrogens (tertiary/aromatic N) is 2. The zero-order chi connectivity index (χ0) is 24.3. The van der Waals surface area contributed by atoms with Gasteiger partial charge in [-0.05, 0) is 63.5 Å². The number of aliphatic hydroxyl groups is 1. The van der Waals surface area contributed by atoms with Crippen LogP contribution in [0.3, 0.4) is 0 Å². The zero-order valence-corrected chi connectivity index (χ0v) is 19.4. The summed E-state index contributed by atoms with van der Waals surface area (Å²) in [6.45, 7) is 2.79. The lowest BCUT2D eigenvalue weighted by Gasteiger charge is -2.19. The summed E-state index contributed by atoms with van der Waals surface area (Å²) in [4.78, 5) is 16.6. The number of amides is 2. The van der Waals surface area contributed by atoms with Gasteiger partial charge < -0.3 is 10.4 Å². The highest BCUT2D eigenvalue weighted by molar-refractivity contribution is 7.93. The Morgan fingerprint density at radius 1 is 1.33 bits per heavy atom. The highest BCUT2D eigenvalue weighted by atomic mass is 32.2. The number of aryl methyl sites for hydroxylation is 1. The number of hydrogen-bond acceptors (Lipinski definition) is 5.